The first-order valence-corrected chi connectivity index (χ1v) is 7.07. The van der Waals surface area contributed by atoms with Crippen molar-refractivity contribution in [1.29, 1.82) is 0 Å². The Hall–Kier alpha value is -1.77. The summed E-state index contributed by atoms with van der Waals surface area (Å²) in [4.78, 5) is 8.73. The van der Waals surface area contributed by atoms with E-state index in [0.717, 1.165) is 30.5 Å². The second-order valence-electron chi connectivity index (χ2n) is 4.66. The van der Waals surface area contributed by atoms with Crippen LogP contribution in [0.15, 0.2) is 6.20 Å². The van der Waals surface area contributed by atoms with Gasteiger partial charge in [-0.1, -0.05) is 13.3 Å². The number of rotatable bonds is 9. The first-order chi connectivity index (χ1) is 10.3. The van der Waals surface area contributed by atoms with Crippen molar-refractivity contribution in [1.82, 2.24) is 19.7 Å². The molecule has 8 heteroatoms. The number of nitrogens with zero attached hydrogens (tertiary/aromatic N) is 4. The van der Waals surface area contributed by atoms with E-state index in [1.165, 1.54) is 0 Å². The zero-order valence-corrected chi connectivity index (χ0v) is 12.5. The van der Waals surface area contributed by atoms with E-state index in [4.69, 9.17) is 15.3 Å². The Morgan fingerprint density at radius 2 is 2.05 bits per heavy atom. The number of nitrogen functional groups attached to an aromatic ring is 1. The van der Waals surface area contributed by atoms with Crippen molar-refractivity contribution in [3.05, 3.63) is 12.0 Å². The SMILES string of the molecule is CCCCOCCOCc1nc(NN)c2cnn(C)c2n1. The summed E-state index contributed by atoms with van der Waals surface area (Å²) in [6, 6.07) is 0. The highest BCUT2D eigenvalue weighted by Crippen LogP contribution is 2.18. The Bertz CT molecular complexity index is 571. The summed E-state index contributed by atoms with van der Waals surface area (Å²) in [7, 11) is 1.82. The third-order valence-electron chi connectivity index (χ3n) is 3.02. The van der Waals surface area contributed by atoms with Crippen molar-refractivity contribution in [2.45, 2.75) is 26.4 Å². The van der Waals surface area contributed by atoms with E-state index >= 15 is 0 Å². The fourth-order valence-electron chi connectivity index (χ4n) is 1.87. The average molecular weight is 294 g/mol. The Balaban J connectivity index is 1.88. The fourth-order valence-corrected chi connectivity index (χ4v) is 1.87. The highest BCUT2D eigenvalue weighted by Gasteiger charge is 2.10. The third kappa shape index (κ3) is 4.10. The van der Waals surface area contributed by atoms with E-state index in [1.54, 1.807) is 10.9 Å². The molecule has 2 rings (SSSR count). The molecule has 0 amide bonds. The van der Waals surface area contributed by atoms with E-state index in [0.29, 0.717) is 31.5 Å². The lowest BCUT2D eigenvalue weighted by atomic mass is 10.4. The van der Waals surface area contributed by atoms with Crippen molar-refractivity contribution >= 4 is 16.9 Å². The minimum absolute atomic E-state index is 0.312. The maximum Gasteiger partial charge on any atom is 0.163 e. The van der Waals surface area contributed by atoms with Crippen LogP contribution in [-0.2, 0) is 23.1 Å². The molecule has 2 aromatic rings. The number of hydrogen-bond acceptors (Lipinski definition) is 7. The van der Waals surface area contributed by atoms with E-state index in [9.17, 15) is 0 Å². The van der Waals surface area contributed by atoms with Gasteiger partial charge in [0.15, 0.2) is 17.3 Å². The topological polar surface area (TPSA) is 100 Å². The molecule has 0 fully saturated rings. The van der Waals surface area contributed by atoms with Gasteiger partial charge in [-0.2, -0.15) is 5.10 Å². The lowest BCUT2D eigenvalue weighted by Crippen LogP contribution is -2.12. The molecule has 0 radical (unpaired) electrons. The normalized spacial score (nSPS) is 11.2. The van der Waals surface area contributed by atoms with Crippen molar-refractivity contribution in [3.63, 3.8) is 0 Å². The molecule has 0 spiro atoms. The van der Waals surface area contributed by atoms with Gasteiger partial charge >= 0.3 is 0 Å². The molecule has 3 N–H and O–H groups in total. The van der Waals surface area contributed by atoms with Crippen LogP contribution in [0.4, 0.5) is 5.82 Å². The Morgan fingerprint density at radius 1 is 1.24 bits per heavy atom. The molecule has 0 aliphatic rings. The van der Waals surface area contributed by atoms with Crippen molar-refractivity contribution < 1.29 is 9.47 Å². The second kappa shape index (κ2) is 7.87. The van der Waals surface area contributed by atoms with Gasteiger partial charge in [0.05, 0.1) is 24.8 Å². The van der Waals surface area contributed by atoms with Gasteiger partial charge in [-0.15, -0.1) is 0 Å². The van der Waals surface area contributed by atoms with Crippen LogP contribution in [0.1, 0.15) is 25.6 Å². The molecule has 0 bridgehead atoms. The van der Waals surface area contributed by atoms with Crippen LogP contribution in [0.5, 0.6) is 0 Å². The molecule has 0 saturated carbocycles. The molecule has 2 aromatic heterocycles. The summed E-state index contributed by atoms with van der Waals surface area (Å²) in [6.45, 7) is 4.32. The highest BCUT2D eigenvalue weighted by molar-refractivity contribution is 5.86. The molecule has 0 aliphatic heterocycles. The molecular formula is C13H22N6O2. The number of aromatic nitrogens is 4. The molecule has 21 heavy (non-hydrogen) atoms. The molecule has 116 valence electrons. The summed E-state index contributed by atoms with van der Waals surface area (Å²) in [5.41, 5.74) is 3.28. The number of nitrogens with one attached hydrogen (secondary N) is 1. The van der Waals surface area contributed by atoms with Gasteiger partial charge in [-0.25, -0.2) is 15.8 Å². The molecule has 0 aromatic carbocycles. The predicted octanol–water partition coefficient (Wildman–Crippen LogP) is 0.982. The number of aryl methyl sites for hydroxylation is 1. The molecule has 0 unspecified atom stereocenters. The van der Waals surface area contributed by atoms with E-state index < -0.39 is 0 Å². The van der Waals surface area contributed by atoms with Gasteiger partial charge in [-0.05, 0) is 6.42 Å². The third-order valence-corrected chi connectivity index (χ3v) is 3.02. The largest absolute Gasteiger partial charge is 0.379 e. The smallest absolute Gasteiger partial charge is 0.163 e. The number of unbranched alkanes of at least 4 members (excludes halogenated alkanes) is 1. The van der Waals surface area contributed by atoms with Crippen molar-refractivity contribution in [3.8, 4) is 0 Å². The molecule has 2 heterocycles. The first kappa shape index (κ1) is 15.6. The lowest BCUT2D eigenvalue weighted by molar-refractivity contribution is 0.0375. The standard InChI is InChI=1S/C13H22N6O2/c1-3-4-5-20-6-7-21-9-11-16-12(18-14)10-8-15-19(2)13(10)17-11/h8H,3-7,9,14H2,1-2H3,(H,16,17,18). The van der Waals surface area contributed by atoms with E-state index in [1.807, 2.05) is 7.05 Å². The van der Waals surface area contributed by atoms with Gasteiger partial charge in [0.2, 0.25) is 0 Å². The van der Waals surface area contributed by atoms with Crippen molar-refractivity contribution in [2.75, 3.05) is 25.2 Å². The highest BCUT2D eigenvalue weighted by atomic mass is 16.5. The van der Waals surface area contributed by atoms with Gasteiger partial charge in [0.25, 0.3) is 0 Å². The van der Waals surface area contributed by atoms with E-state index in [-0.39, 0.29) is 0 Å². The zero-order chi connectivity index (χ0) is 15.1. The van der Waals surface area contributed by atoms with Gasteiger partial charge < -0.3 is 14.9 Å². The number of ether oxygens (including phenoxy) is 2. The average Bonchev–Trinajstić information content (AvgIpc) is 2.87. The van der Waals surface area contributed by atoms with Gasteiger partial charge in [-0.3, -0.25) is 4.68 Å². The van der Waals surface area contributed by atoms with Crippen LogP contribution in [-0.4, -0.2) is 39.6 Å². The van der Waals surface area contributed by atoms with Crippen LogP contribution < -0.4 is 11.3 Å². The van der Waals surface area contributed by atoms with E-state index in [2.05, 4.69) is 27.4 Å². The maximum atomic E-state index is 5.52. The Kier molecular flexibility index (Phi) is 5.85. The summed E-state index contributed by atoms with van der Waals surface area (Å²) < 4.78 is 12.6. The molecular weight excluding hydrogens is 272 g/mol. The molecule has 8 nitrogen and oxygen atoms in total. The van der Waals surface area contributed by atoms with Crippen LogP contribution in [0.2, 0.25) is 0 Å². The second-order valence-corrected chi connectivity index (χ2v) is 4.66. The predicted molar refractivity (Wildman–Crippen MR) is 79.5 cm³/mol. The minimum atomic E-state index is 0.312. The summed E-state index contributed by atoms with van der Waals surface area (Å²) in [5.74, 6) is 6.59. The zero-order valence-electron chi connectivity index (χ0n) is 12.5. The van der Waals surface area contributed by atoms with Gasteiger partial charge in [0.1, 0.15) is 6.61 Å². The summed E-state index contributed by atoms with van der Waals surface area (Å²) in [5, 5.41) is 4.93. The quantitative estimate of drug-likeness (QED) is 0.404. The van der Waals surface area contributed by atoms with Crippen LogP contribution in [0.3, 0.4) is 0 Å². The first-order valence-electron chi connectivity index (χ1n) is 7.07. The minimum Gasteiger partial charge on any atom is -0.379 e. The van der Waals surface area contributed by atoms with Crippen LogP contribution >= 0.6 is 0 Å². The van der Waals surface area contributed by atoms with Gasteiger partial charge in [0, 0.05) is 13.7 Å². The number of fused-ring (bicyclic) bond motifs is 1. The molecule has 0 saturated heterocycles. The fraction of sp³-hybridized carbons (Fsp3) is 0.615. The van der Waals surface area contributed by atoms with Crippen molar-refractivity contribution in [2.24, 2.45) is 12.9 Å². The summed E-state index contributed by atoms with van der Waals surface area (Å²) >= 11 is 0. The number of anilines is 1. The lowest BCUT2D eigenvalue weighted by Gasteiger charge is -2.07. The number of hydrazine groups is 1. The Morgan fingerprint density at radius 3 is 2.81 bits per heavy atom. The number of nitrogens with two attached hydrogens (primary N) is 1. The maximum absolute atomic E-state index is 5.52. The number of hydrogen-bond donors (Lipinski definition) is 2. The Labute approximate surface area is 123 Å². The van der Waals surface area contributed by atoms with Crippen LogP contribution in [0, 0.1) is 0 Å². The van der Waals surface area contributed by atoms with Crippen LogP contribution in [0.25, 0.3) is 11.0 Å². The monoisotopic (exact) mass is 294 g/mol. The molecule has 0 atom stereocenters. The summed E-state index contributed by atoms with van der Waals surface area (Å²) in [6.07, 6.45) is 3.89. The molecule has 0 aliphatic carbocycles.